The minimum atomic E-state index is -0.200. The summed E-state index contributed by atoms with van der Waals surface area (Å²) >= 11 is 0. The third kappa shape index (κ3) is 5.13. The van der Waals surface area contributed by atoms with Crippen molar-refractivity contribution in [2.45, 2.75) is 44.3 Å². The first kappa shape index (κ1) is 25.1. The predicted octanol–water partition coefficient (Wildman–Crippen LogP) is 4.14. The first-order valence-corrected chi connectivity index (χ1v) is 13.8. The zero-order chi connectivity index (χ0) is 26.9. The van der Waals surface area contributed by atoms with Crippen molar-refractivity contribution in [2.24, 2.45) is 13.0 Å². The Morgan fingerprint density at radius 1 is 1.10 bits per heavy atom. The van der Waals surface area contributed by atoms with Crippen LogP contribution in [-0.4, -0.2) is 39.1 Å². The van der Waals surface area contributed by atoms with Crippen LogP contribution >= 0.6 is 0 Å². The fraction of sp³-hybridized carbons (Fsp3) is 0.344. The number of benzene rings is 2. The number of hydrogen-bond donors (Lipinski definition) is 1. The molecule has 1 aliphatic carbocycles. The molecule has 1 aliphatic heterocycles. The van der Waals surface area contributed by atoms with Gasteiger partial charge < -0.3 is 19.4 Å². The lowest BCUT2D eigenvalue weighted by molar-refractivity contribution is -0.138. The third-order valence-electron chi connectivity index (χ3n) is 8.25. The number of pyridine rings is 1. The van der Waals surface area contributed by atoms with Gasteiger partial charge in [0.25, 0.3) is 5.56 Å². The Kier molecular flexibility index (Phi) is 6.80. The van der Waals surface area contributed by atoms with E-state index in [1.165, 1.54) is 0 Å². The highest BCUT2D eigenvalue weighted by molar-refractivity contribution is 5.86. The standard InChI is InChI=1S/C32H33N5O2/c1-35-14-12-24(16-31(35)38)27-11-13-34-18-29(27)32(39)37(26-9-10-26)21-25-20-36(30-8-3-2-7-28(25)30)19-23-6-4-5-22(15-23)17-33/h2-8,12,14-16,20,26-27,29,34H,9-11,13,18-19,21H2,1H3. The maximum absolute atomic E-state index is 14.2. The van der Waals surface area contributed by atoms with E-state index in [1.54, 1.807) is 23.9 Å². The molecule has 1 saturated heterocycles. The van der Waals surface area contributed by atoms with Crippen molar-refractivity contribution in [2.75, 3.05) is 13.1 Å². The van der Waals surface area contributed by atoms with Crippen LogP contribution in [0.4, 0.5) is 0 Å². The number of nitrogens with zero attached hydrogens (tertiary/aromatic N) is 4. The number of carbonyl (C=O) groups is 1. The highest BCUT2D eigenvalue weighted by Gasteiger charge is 2.40. The van der Waals surface area contributed by atoms with Crippen LogP contribution in [0.25, 0.3) is 10.9 Å². The fourth-order valence-corrected chi connectivity index (χ4v) is 6.00. The maximum atomic E-state index is 14.2. The summed E-state index contributed by atoms with van der Waals surface area (Å²) in [5.41, 5.74) is 4.91. The first-order chi connectivity index (χ1) is 19.0. The molecule has 4 aromatic rings. The molecule has 2 unspecified atom stereocenters. The zero-order valence-electron chi connectivity index (χ0n) is 22.2. The molecule has 2 aromatic heterocycles. The van der Waals surface area contributed by atoms with Crippen LogP contribution in [0.3, 0.4) is 0 Å². The number of nitrogens with one attached hydrogen (secondary N) is 1. The summed E-state index contributed by atoms with van der Waals surface area (Å²) in [6.07, 6.45) is 6.87. The van der Waals surface area contributed by atoms with E-state index in [-0.39, 0.29) is 29.3 Å². The van der Waals surface area contributed by atoms with E-state index in [1.807, 2.05) is 42.5 Å². The number of carbonyl (C=O) groups excluding carboxylic acids is 1. The number of hydrogen-bond acceptors (Lipinski definition) is 4. The van der Waals surface area contributed by atoms with E-state index < -0.39 is 0 Å². The van der Waals surface area contributed by atoms with Gasteiger partial charge in [0.15, 0.2) is 0 Å². The van der Waals surface area contributed by atoms with E-state index in [4.69, 9.17) is 0 Å². The average molecular weight is 520 g/mol. The summed E-state index contributed by atoms with van der Waals surface area (Å²) in [5.74, 6) is 0.00473. The number of aryl methyl sites for hydroxylation is 1. The van der Waals surface area contributed by atoms with Crippen LogP contribution in [0.5, 0.6) is 0 Å². The molecule has 6 rings (SSSR count). The molecule has 1 saturated carbocycles. The van der Waals surface area contributed by atoms with Gasteiger partial charge in [0.05, 0.1) is 17.6 Å². The van der Waals surface area contributed by atoms with Crippen LogP contribution < -0.4 is 10.9 Å². The van der Waals surface area contributed by atoms with Gasteiger partial charge in [0, 0.05) is 62.1 Å². The van der Waals surface area contributed by atoms with E-state index in [0.717, 1.165) is 53.4 Å². The maximum Gasteiger partial charge on any atom is 0.250 e. The third-order valence-corrected chi connectivity index (χ3v) is 8.25. The lowest BCUT2D eigenvalue weighted by Gasteiger charge is -2.35. The second-order valence-corrected chi connectivity index (χ2v) is 10.9. The summed E-state index contributed by atoms with van der Waals surface area (Å²) in [6.45, 7) is 2.69. The van der Waals surface area contributed by atoms with Crippen molar-refractivity contribution in [3.63, 3.8) is 0 Å². The van der Waals surface area contributed by atoms with Gasteiger partial charge in [-0.05, 0) is 72.7 Å². The van der Waals surface area contributed by atoms with Crippen molar-refractivity contribution in [1.82, 2.24) is 19.4 Å². The van der Waals surface area contributed by atoms with Gasteiger partial charge in [-0.3, -0.25) is 9.59 Å². The molecule has 1 N–H and O–H groups in total. The Balaban J connectivity index is 1.30. The minimum Gasteiger partial charge on any atom is -0.343 e. The topological polar surface area (TPSA) is 83.1 Å². The van der Waals surface area contributed by atoms with Crippen LogP contribution in [0.15, 0.2) is 77.9 Å². The minimum absolute atomic E-state index is 0.0302. The molecule has 1 amide bonds. The number of rotatable bonds is 7. The summed E-state index contributed by atoms with van der Waals surface area (Å²) < 4.78 is 3.80. The molecule has 7 nitrogen and oxygen atoms in total. The number of aromatic nitrogens is 2. The van der Waals surface area contributed by atoms with Crippen molar-refractivity contribution in [3.8, 4) is 6.07 Å². The van der Waals surface area contributed by atoms with Gasteiger partial charge in [-0.25, -0.2) is 0 Å². The van der Waals surface area contributed by atoms with Crippen molar-refractivity contribution < 1.29 is 4.79 Å². The molecule has 2 fully saturated rings. The van der Waals surface area contributed by atoms with Gasteiger partial charge in [0.2, 0.25) is 5.91 Å². The second-order valence-electron chi connectivity index (χ2n) is 10.9. The number of amides is 1. The van der Waals surface area contributed by atoms with Crippen LogP contribution in [-0.2, 0) is 24.9 Å². The molecule has 0 radical (unpaired) electrons. The van der Waals surface area contributed by atoms with Gasteiger partial charge in [-0.1, -0.05) is 30.3 Å². The van der Waals surface area contributed by atoms with Gasteiger partial charge in [-0.15, -0.1) is 0 Å². The Labute approximate surface area is 228 Å². The quantitative estimate of drug-likeness (QED) is 0.398. The molecule has 7 heteroatoms. The number of piperidine rings is 1. The van der Waals surface area contributed by atoms with Gasteiger partial charge in [0.1, 0.15) is 0 Å². The van der Waals surface area contributed by atoms with Crippen LogP contribution in [0.1, 0.15) is 47.4 Å². The number of fused-ring (bicyclic) bond motifs is 1. The molecule has 2 aliphatic rings. The summed E-state index contributed by atoms with van der Waals surface area (Å²) in [4.78, 5) is 28.7. The van der Waals surface area contributed by atoms with E-state index in [0.29, 0.717) is 25.2 Å². The van der Waals surface area contributed by atoms with Gasteiger partial charge in [-0.2, -0.15) is 5.26 Å². The largest absolute Gasteiger partial charge is 0.343 e. The molecule has 0 bridgehead atoms. The normalized spacial score (nSPS) is 19.1. The molecule has 39 heavy (non-hydrogen) atoms. The summed E-state index contributed by atoms with van der Waals surface area (Å²) in [6, 6.07) is 22.2. The Hall–Kier alpha value is -4.15. The Morgan fingerprint density at radius 2 is 1.95 bits per heavy atom. The lowest BCUT2D eigenvalue weighted by Crippen LogP contribution is -2.47. The summed E-state index contributed by atoms with van der Waals surface area (Å²) in [5, 5.41) is 13.9. The van der Waals surface area contributed by atoms with E-state index >= 15 is 0 Å². The first-order valence-electron chi connectivity index (χ1n) is 13.8. The molecule has 2 aromatic carbocycles. The van der Waals surface area contributed by atoms with E-state index in [9.17, 15) is 14.9 Å². The van der Waals surface area contributed by atoms with E-state index in [2.05, 4.69) is 39.2 Å². The average Bonchev–Trinajstić information content (AvgIpc) is 3.76. The Morgan fingerprint density at radius 3 is 2.74 bits per heavy atom. The monoisotopic (exact) mass is 519 g/mol. The number of nitriles is 1. The highest BCUT2D eigenvalue weighted by atomic mass is 16.2. The zero-order valence-corrected chi connectivity index (χ0v) is 22.2. The lowest BCUT2D eigenvalue weighted by atomic mass is 9.80. The molecular weight excluding hydrogens is 486 g/mol. The molecular formula is C32H33N5O2. The molecule has 2 atom stereocenters. The van der Waals surface area contributed by atoms with Crippen molar-refractivity contribution in [1.29, 1.82) is 5.26 Å². The van der Waals surface area contributed by atoms with Gasteiger partial charge >= 0.3 is 0 Å². The fourth-order valence-electron chi connectivity index (χ4n) is 6.00. The predicted molar refractivity (Wildman–Crippen MR) is 151 cm³/mol. The molecule has 3 heterocycles. The van der Waals surface area contributed by atoms with Crippen molar-refractivity contribution >= 4 is 16.8 Å². The smallest absolute Gasteiger partial charge is 0.250 e. The molecule has 198 valence electrons. The van der Waals surface area contributed by atoms with Crippen LogP contribution in [0.2, 0.25) is 0 Å². The Bertz CT molecular complexity index is 1620. The highest BCUT2D eigenvalue weighted by Crippen LogP contribution is 2.36. The number of para-hydroxylation sites is 1. The molecule has 0 spiro atoms. The van der Waals surface area contributed by atoms with Crippen molar-refractivity contribution in [3.05, 3.63) is 106 Å². The van der Waals surface area contributed by atoms with Crippen LogP contribution in [0, 0.1) is 17.2 Å². The summed E-state index contributed by atoms with van der Waals surface area (Å²) in [7, 11) is 1.75. The second kappa shape index (κ2) is 10.5. The SMILES string of the molecule is Cn1ccc(C2CCNCC2C(=O)N(Cc2cn(Cc3cccc(C#N)c3)c3ccccc23)C2CC2)cc1=O.